The van der Waals surface area contributed by atoms with E-state index in [1.54, 1.807) is 24.3 Å². The lowest BCUT2D eigenvalue weighted by Crippen LogP contribution is -2.32. The number of rotatable bonds is 7. The Bertz CT molecular complexity index is 1240. The fourth-order valence-electron chi connectivity index (χ4n) is 4.75. The predicted molar refractivity (Wildman–Crippen MR) is 130 cm³/mol. The van der Waals surface area contributed by atoms with Gasteiger partial charge in [-0.1, -0.05) is 35.9 Å². The zero-order valence-electron chi connectivity index (χ0n) is 18.5. The molecule has 0 saturated carbocycles. The van der Waals surface area contributed by atoms with E-state index in [0.717, 1.165) is 35.4 Å². The zero-order chi connectivity index (χ0) is 23.7. The maximum absolute atomic E-state index is 12.6. The summed E-state index contributed by atoms with van der Waals surface area (Å²) in [5, 5.41) is 0.662. The van der Waals surface area contributed by atoms with Gasteiger partial charge in [-0.05, 0) is 66.8 Å². The molecule has 1 aliphatic carbocycles. The van der Waals surface area contributed by atoms with Crippen molar-refractivity contribution in [3.05, 3.63) is 99.4 Å². The lowest BCUT2D eigenvalue weighted by molar-refractivity contribution is -0.125. The summed E-state index contributed by atoms with van der Waals surface area (Å²) in [4.78, 5) is 39.7. The van der Waals surface area contributed by atoms with Crippen LogP contribution < -0.4 is 4.90 Å². The second kappa shape index (κ2) is 9.31. The molecule has 0 unspecified atom stereocenters. The van der Waals surface area contributed by atoms with Gasteiger partial charge in [0.1, 0.15) is 5.76 Å². The van der Waals surface area contributed by atoms with Crippen LogP contribution in [0.4, 0.5) is 5.69 Å². The van der Waals surface area contributed by atoms with E-state index >= 15 is 0 Å². The molecule has 0 saturated heterocycles. The van der Waals surface area contributed by atoms with Crippen molar-refractivity contribution in [2.24, 2.45) is 0 Å². The first kappa shape index (κ1) is 22.2. The van der Waals surface area contributed by atoms with Gasteiger partial charge in [-0.25, -0.2) is 0 Å². The number of nitrogens with zero attached hydrogens (tertiary/aromatic N) is 2. The highest BCUT2D eigenvalue weighted by Gasteiger charge is 2.34. The largest absolute Gasteiger partial charge is 0.433 e. The number of carbonyl (C=O) groups is 3. The summed E-state index contributed by atoms with van der Waals surface area (Å²) in [5.41, 5.74) is 5.29. The van der Waals surface area contributed by atoms with Crippen molar-refractivity contribution >= 4 is 35.6 Å². The van der Waals surface area contributed by atoms with Crippen LogP contribution in [0.3, 0.4) is 0 Å². The van der Waals surface area contributed by atoms with E-state index in [1.165, 1.54) is 4.90 Å². The molecule has 2 aromatic rings. The van der Waals surface area contributed by atoms with Crippen molar-refractivity contribution in [3.8, 4) is 0 Å². The smallest absolute Gasteiger partial charge is 0.298 e. The number of carbonyl (C=O) groups excluding carboxylic acids is 3. The van der Waals surface area contributed by atoms with Crippen LogP contribution in [0.1, 0.15) is 45.5 Å². The maximum Gasteiger partial charge on any atom is 0.298 e. The molecule has 172 valence electrons. The van der Waals surface area contributed by atoms with Crippen molar-refractivity contribution in [1.82, 2.24) is 4.90 Å². The average Bonchev–Trinajstić information content (AvgIpc) is 2.99. The van der Waals surface area contributed by atoms with Crippen LogP contribution in [0.2, 0.25) is 5.02 Å². The highest BCUT2D eigenvalue weighted by Crippen LogP contribution is 2.38. The minimum absolute atomic E-state index is 0.222. The predicted octanol–water partition coefficient (Wildman–Crippen LogP) is 5.05. The van der Waals surface area contributed by atoms with E-state index in [2.05, 4.69) is 11.0 Å². The molecule has 7 heteroatoms. The van der Waals surface area contributed by atoms with Gasteiger partial charge in [0, 0.05) is 35.9 Å². The lowest BCUT2D eigenvalue weighted by atomic mass is 10.0. The van der Waals surface area contributed by atoms with Crippen molar-refractivity contribution in [3.63, 3.8) is 0 Å². The van der Waals surface area contributed by atoms with Gasteiger partial charge in [-0.2, -0.15) is 0 Å². The van der Waals surface area contributed by atoms with Gasteiger partial charge in [-0.15, -0.1) is 0 Å². The van der Waals surface area contributed by atoms with E-state index in [0.29, 0.717) is 54.3 Å². The molecule has 34 heavy (non-hydrogen) atoms. The number of anilines is 1. The Balaban J connectivity index is 1.33. The third kappa shape index (κ3) is 4.05. The number of unbranched alkanes of at least 4 members (excludes halogenated alkanes) is 1. The Hall–Kier alpha value is -3.64. The molecule has 2 aromatic carbocycles. The minimum atomic E-state index is -0.222. The maximum atomic E-state index is 12.6. The molecule has 3 aliphatic rings. The molecule has 2 amide bonds. The fourth-order valence-corrected chi connectivity index (χ4v) is 4.91. The van der Waals surface area contributed by atoms with Gasteiger partial charge in [0.05, 0.1) is 11.1 Å². The van der Waals surface area contributed by atoms with E-state index in [1.807, 2.05) is 30.4 Å². The number of allylic oxidation sites excluding steroid dienone is 5. The standard InChI is InChI=1S/C27H23ClN2O4/c28-20-10-9-18-7-8-19-15-21(34-17-31)11-12-24(19)29(25(18)16-20)13-3-4-14-30-26(32)22-5-1-2-6-23(22)27(30)33/h1-2,5-6,8-12,16-17H,3-4,7,13-15H2. The monoisotopic (exact) mass is 474 g/mol. The quantitative estimate of drug-likeness (QED) is 0.319. The second-order valence-electron chi connectivity index (χ2n) is 8.45. The third-order valence-corrected chi connectivity index (χ3v) is 6.64. The highest BCUT2D eigenvalue weighted by atomic mass is 35.5. The van der Waals surface area contributed by atoms with Crippen LogP contribution in [0.25, 0.3) is 0 Å². The topological polar surface area (TPSA) is 66.9 Å². The number of benzene rings is 2. The number of ether oxygens (including phenoxy) is 1. The van der Waals surface area contributed by atoms with Crippen LogP contribution in [0.5, 0.6) is 0 Å². The summed E-state index contributed by atoms with van der Waals surface area (Å²) in [6.07, 6.45) is 8.69. The van der Waals surface area contributed by atoms with Crippen LogP contribution in [-0.4, -0.2) is 36.3 Å². The van der Waals surface area contributed by atoms with Gasteiger partial charge < -0.3 is 9.64 Å². The van der Waals surface area contributed by atoms with Crippen molar-refractivity contribution in [2.45, 2.75) is 25.7 Å². The van der Waals surface area contributed by atoms with Gasteiger partial charge in [-0.3, -0.25) is 19.3 Å². The van der Waals surface area contributed by atoms with Crippen LogP contribution >= 0.6 is 11.6 Å². The number of amides is 2. The number of hydrogen-bond acceptors (Lipinski definition) is 5. The molecule has 6 nitrogen and oxygen atoms in total. The molecular formula is C27H23ClN2O4. The molecule has 2 aliphatic heterocycles. The SMILES string of the molecule is O=COC1=CC=C2C(=CCc3ccc(Cl)cc3N2CCCCN2C(=O)c3ccccc3C2=O)C1. The van der Waals surface area contributed by atoms with Crippen molar-refractivity contribution in [2.75, 3.05) is 18.0 Å². The lowest BCUT2D eigenvalue weighted by Gasteiger charge is -2.31. The molecule has 2 heterocycles. The number of hydrogen-bond donors (Lipinski definition) is 0. The van der Waals surface area contributed by atoms with Crippen molar-refractivity contribution < 1.29 is 19.1 Å². The Morgan fingerprint density at radius 2 is 1.65 bits per heavy atom. The zero-order valence-corrected chi connectivity index (χ0v) is 19.3. The van der Waals surface area contributed by atoms with E-state index < -0.39 is 0 Å². The summed E-state index contributed by atoms with van der Waals surface area (Å²) in [5.74, 6) is 0.167. The summed E-state index contributed by atoms with van der Waals surface area (Å²) in [6, 6.07) is 12.9. The molecule has 0 fully saturated rings. The molecule has 0 radical (unpaired) electrons. The molecule has 0 bridgehead atoms. The molecule has 0 spiro atoms. The molecule has 0 atom stereocenters. The highest BCUT2D eigenvalue weighted by molar-refractivity contribution is 6.30. The molecule has 5 rings (SSSR count). The summed E-state index contributed by atoms with van der Waals surface area (Å²) in [7, 11) is 0. The fraction of sp³-hybridized carbons (Fsp3) is 0.222. The Kier molecular flexibility index (Phi) is 6.07. The first-order valence-electron chi connectivity index (χ1n) is 11.3. The minimum Gasteiger partial charge on any atom is -0.433 e. The van der Waals surface area contributed by atoms with Gasteiger partial charge in [0.15, 0.2) is 0 Å². The van der Waals surface area contributed by atoms with Gasteiger partial charge in [0.25, 0.3) is 18.3 Å². The van der Waals surface area contributed by atoms with Crippen LogP contribution in [-0.2, 0) is 16.0 Å². The number of fused-ring (bicyclic) bond motifs is 3. The van der Waals surface area contributed by atoms with Crippen LogP contribution in [0, 0.1) is 0 Å². The second-order valence-corrected chi connectivity index (χ2v) is 8.88. The Morgan fingerprint density at radius 3 is 2.35 bits per heavy atom. The Labute approximate surface area is 202 Å². The van der Waals surface area contributed by atoms with Crippen molar-refractivity contribution in [1.29, 1.82) is 0 Å². The molecule has 0 N–H and O–H groups in total. The Morgan fingerprint density at radius 1 is 0.941 bits per heavy atom. The van der Waals surface area contributed by atoms with E-state index in [9.17, 15) is 14.4 Å². The average molecular weight is 475 g/mol. The van der Waals surface area contributed by atoms with E-state index in [-0.39, 0.29) is 11.8 Å². The first-order chi connectivity index (χ1) is 16.6. The number of imide groups is 1. The molecular weight excluding hydrogens is 452 g/mol. The summed E-state index contributed by atoms with van der Waals surface area (Å²) < 4.78 is 5.09. The van der Waals surface area contributed by atoms with Gasteiger partial charge >= 0.3 is 0 Å². The van der Waals surface area contributed by atoms with E-state index in [4.69, 9.17) is 16.3 Å². The summed E-state index contributed by atoms with van der Waals surface area (Å²) >= 11 is 6.34. The normalized spacial score (nSPS) is 16.7. The first-order valence-corrected chi connectivity index (χ1v) is 11.7. The third-order valence-electron chi connectivity index (χ3n) is 6.41. The van der Waals surface area contributed by atoms with Gasteiger partial charge in [0.2, 0.25) is 0 Å². The van der Waals surface area contributed by atoms with Crippen LogP contribution in [0.15, 0.2) is 77.7 Å². The summed E-state index contributed by atoms with van der Waals surface area (Å²) in [6.45, 7) is 1.52. The molecule has 0 aromatic heterocycles. The number of halogens is 1.